The molecule has 0 heterocycles. The van der Waals surface area contributed by atoms with E-state index in [-0.39, 0.29) is 15.6 Å². The topological polar surface area (TPSA) is 46.5 Å². The number of carboxylic acids is 1. The third kappa shape index (κ3) is 2.67. The molecule has 0 amide bonds. The van der Waals surface area contributed by atoms with E-state index < -0.39 is 5.97 Å². The van der Waals surface area contributed by atoms with Gasteiger partial charge in [0.15, 0.2) is 0 Å². The lowest BCUT2D eigenvalue weighted by atomic mass is 10.0. The summed E-state index contributed by atoms with van der Waals surface area (Å²) in [7, 11) is 1.56. The predicted molar refractivity (Wildman–Crippen MR) is 75.4 cm³/mol. The highest BCUT2D eigenvalue weighted by molar-refractivity contribution is 6.41. The van der Waals surface area contributed by atoms with Gasteiger partial charge < -0.3 is 9.84 Å². The smallest absolute Gasteiger partial charge is 0.338 e. The molecule has 0 aliphatic rings. The Morgan fingerprint density at radius 3 is 2.58 bits per heavy atom. The van der Waals surface area contributed by atoms with Crippen LogP contribution in [0.25, 0.3) is 11.1 Å². The number of rotatable bonds is 3. The average molecular weight is 297 g/mol. The Labute approximate surface area is 120 Å². The Balaban J connectivity index is 2.63. The molecule has 0 saturated heterocycles. The van der Waals surface area contributed by atoms with E-state index in [9.17, 15) is 4.79 Å². The second-order valence-electron chi connectivity index (χ2n) is 3.82. The van der Waals surface area contributed by atoms with Crippen LogP contribution in [-0.2, 0) is 0 Å². The first-order valence-corrected chi connectivity index (χ1v) is 6.16. The van der Waals surface area contributed by atoms with E-state index >= 15 is 0 Å². The van der Waals surface area contributed by atoms with Crippen LogP contribution in [0.15, 0.2) is 36.4 Å². The van der Waals surface area contributed by atoms with Crippen molar-refractivity contribution in [1.29, 1.82) is 0 Å². The fraction of sp³-hybridized carbons (Fsp3) is 0.0714. The molecule has 98 valence electrons. The Morgan fingerprint density at radius 1 is 1.21 bits per heavy atom. The summed E-state index contributed by atoms with van der Waals surface area (Å²) in [6, 6.07) is 10.4. The van der Waals surface area contributed by atoms with Crippen molar-refractivity contribution in [2.45, 2.75) is 0 Å². The SMILES string of the molecule is COc1cccc(-c2ccc(Cl)c(C(=O)O)c2Cl)c1. The van der Waals surface area contributed by atoms with Crippen LogP contribution in [-0.4, -0.2) is 18.2 Å². The van der Waals surface area contributed by atoms with Crippen molar-refractivity contribution in [3.63, 3.8) is 0 Å². The van der Waals surface area contributed by atoms with Crippen molar-refractivity contribution in [3.05, 3.63) is 52.0 Å². The molecular weight excluding hydrogens is 287 g/mol. The van der Waals surface area contributed by atoms with Crippen LogP contribution in [0, 0.1) is 0 Å². The maximum Gasteiger partial charge on any atom is 0.338 e. The molecule has 19 heavy (non-hydrogen) atoms. The average Bonchev–Trinajstić information content (AvgIpc) is 2.38. The van der Waals surface area contributed by atoms with E-state index in [1.807, 2.05) is 6.07 Å². The lowest BCUT2D eigenvalue weighted by molar-refractivity contribution is 0.0697. The van der Waals surface area contributed by atoms with Crippen LogP contribution in [0.4, 0.5) is 0 Å². The van der Waals surface area contributed by atoms with E-state index in [4.69, 9.17) is 33.0 Å². The third-order valence-electron chi connectivity index (χ3n) is 2.69. The van der Waals surface area contributed by atoms with Crippen molar-refractivity contribution in [2.75, 3.05) is 7.11 Å². The minimum Gasteiger partial charge on any atom is -0.497 e. The summed E-state index contributed by atoms with van der Waals surface area (Å²) >= 11 is 12.0. The van der Waals surface area contributed by atoms with Crippen molar-refractivity contribution in [2.24, 2.45) is 0 Å². The van der Waals surface area contributed by atoms with Gasteiger partial charge in [0.05, 0.1) is 22.7 Å². The molecule has 0 radical (unpaired) electrons. The maximum absolute atomic E-state index is 11.2. The lowest BCUT2D eigenvalue weighted by Crippen LogP contribution is -2.00. The van der Waals surface area contributed by atoms with Gasteiger partial charge in [-0.2, -0.15) is 0 Å². The summed E-state index contributed by atoms with van der Waals surface area (Å²) in [5.41, 5.74) is 1.27. The first-order valence-electron chi connectivity index (χ1n) is 5.40. The van der Waals surface area contributed by atoms with Crippen LogP contribution < -0.4 is 4.74 Å². The Kier molecular flexibility index (Phi) is 3.98. The standard InChI is InChI=1S/C14H10Cl2O3/c1-19-9-4-2-3-8(7-9)10-5-6-11(15)12(13(10)16)14(17)18/h2-7H,1H3,(H,17,18). The van der Waals surface area contributed by atoms with E-state index in [1.165, 1.54) is 6.07 Å². The highest BCUT2D eigenvalue weighted by Gasteiger charge is 2.17. The number of ether oxygens (including phenoxy) is 1. The van der Waals surface area contributed by atoms with Gasteiger partial charge >= 0.3 is 5.97 Å². The Morgan fingerprint density at radius 2 is 1.95 bits per heavy atom. The maximum atomic E-state index is 11.2. The number of carbonyl (C=O) groups is 1. The molecule has 0 bridgehead atoms. The first kappa shape index (κ1) is 13.7. The van der Waals surface area contributed by atoms with Gasteiger partial charge in [-0.1, -0.05) is 41.4 Å². The second-order valence-corrected chi connectivity index (χ2v) is 4.61. The van der Waals surface area contributed by atoms with Crippen LogP contribution in [0.5, 0.6) is 5.75 Å². The molecular formula is C14H10Cl2O3. The summed E-state index contributed by atoms with van der Waals surface area (Å²) in [6.07, 6.45) is 0. The molecule has 2 aromatic carbocycles. The number of hydrogen-bond donors (Lipinski definition) is 1. The van der Waals surface area contributed by atoms with Crippen molar-refractivity contribution >= 4 is 29.2 Å². The summed E-state index contributed by atoms with van der Waals surface area (Å²) in [6.45, 7) is 0. The molecule has 0 fully saturated rings. The van der Waals surface area contributed by atoms with Crippen LogP contribution in [0.1, 0.15) is 10.4 Å². The van der Waals surface area contributed by atoms with Gasteiger partial charge in [-0.3, -0.25) is 0 Å². The quantitative estimate of drug-likeness (QED) is 0.915. The summed E-state index contributed by atoms with van der Waals surface area (Å²) in [5.74, 6) is -0.486. The fourth-order valence-corrected chi connectivity index (χ4v) is 2.40. The summed E-state index contributed by atoms with van der Waals surface area (Å²) in [5, 5.41) is 9.36. The zero-order valence-electron chi connectivity index (χ0n) is 9.98. The number of halogens is 2. The third-order valence-corrected chi connectivity index (χ3v) is 3.39. The molecule has 0 aromatic heterocycles. The summed E-state index contributed by atoms with van der Waals surface area (Å²) in [4.78, 5) is 11.2. The number of benzene rings is 2. The molecule has 2 rings (SSSR count). The van der Waals surface area contributed by atoms with E-state index in [0.29, 0.717) is 11.3 Å². The van der Waals surface area contributed by atoms with Crippen LogP contribution >= 0.6 is 23.2 Å². The Bertz CT molecular complexity index is 639. The number of aromatic carboxylic acids is 1. The van der Waals surface area contributed by atoms with E-state index in [0.717, 1.165) is 5.56 Å². The monoisotopic (exact) mass is 296 g/mol. The number of methoxy groups -OCH3 is 1. The largest absolute Gasteiger partial charge is 0.497 e. The van der Waals surface area contributed by atoms with Crippen molar-refractivity contribution in [1.82, 2.24) is 0 Å². The van der Waals surface area contributed by atoms with Gasteiger partial charge in [0.25, 0.3) is 0 Å². The van der Waals surface area contributed by atoms with Crippen LogP contribution in [0.3, 0.4) is 0 Å². The van der Waals surface area contributed by atoms with Crippen molar-refractivity contribution in [3.8, 4) is 16.9 Å². The molecule has 0 aliphatic carbocycles. The van der Waals surface area contributed by atoms with E-state index in [1.54, 1.807) is 31.4 Å². The molecule has 0 unspecified atom stereocenters. The van der Waals surface area contributed by atoms with Gasteiger partial charge in [0, 0.05) is 5.56 Å². The molecule has 0 aliphatic heterocycles. The second kappa shape index (κ2) is 5.51. The molecule has 0 saturated carbocycles. The van der Waals surface area contributed by atoms with Gasteiger partial charge in [0.1, 0.15) is 5.75 Å². The lowest BCUT2D eigenvalue weighted by Gasteiger charge is -2.10. The zero-order chi connectivity index (χ0) is 14.0. The number of hydrogen-bond acceptors (Lipinski definition) is 2. The van der Waals surface area contributed by atoms with Crippen LogP contribution in [0.2, 0.25) is 10.0 Å². The molecule has 0 spiro atoms. The molecule has 3 nitrogen and oxygen atoms in total. The minimum absolute atomic E-state index is 0.0938. The Hall–Kier alpha value is -1.71. The number of carboxylic acid groups (broad SMARTS) is 1. The van der Waals surface area contributed by atoms with Crippen molar-refractivity contribution < 1.29 is 14.6 Å². The highest BCUT2D eigenvalue weighted by atomic mass is 35.5. The first-order chi connectivity index (χ1) is 9.04. The highest BCUT2D eigenvalue weighted by Crippen LogP contribution is 2.35. The van der Waals surface area contributed by atoms with Gasteiger partial charge in [0.2, 0.25) is 0 Å². The molecule has 2 aromatic rings. The zero-order valence-corrected chi connectivity index (χ0v) is 11.5. The van der Waals surface area contributed by atoms with Gasteiger partial charge in [-0.05, 0) is 23.8 Å². The molecule has 5 heteroatoms. The van der Waals surface area contributed by atoms with E-state index in [2.05, 4.69) is 0 Å². The molecule has 0 atom stereocenters. The van der Waals surface area contributed by atoms with Gasteiger partial charge in [-0.25, -0.2) is 4.79 Å². The molecule has 1 N–H and O–H groups in total. The minimum atomic E-state index is -1.15. The summed E-state index contributed by atoms with van der Waals surface area (Å²) < 4.78 is 5.13. The fourth-order valence-electron chi connectivity index (χ4n) is 1.76. The van der Waals surface area contributed by atoms with Gasteiger partial charge in [-0.15, -0.1) is 0 Å². The predicted octanol–water partition coefficient (Wildman–Crippen LogP) is 4.37. The normalized spacial score (nSPS) is 10.3.